The average molecular weight is 231 g/mol. The third kappa shape index (κ3) is 2.63. The first-order valence-corrected chi connectivity index (χ1v) is 5.20. The van der Waals surface area contributed by atoms with Crippen molar-refractivity contribution >= 4 is 12.1 Å². The fourth-order valence-electron chi connectivity index (χ4n) is 1.50. The Morgan fingerprint density at radius 1 is 1.53 bits per heavy atom. The van der Waals surface area contributed by atoms with Crippen LogP contribution < -0.4 is 5.43 Å². The van der Waals surface area contributed by atoms with E-state index in [1.807, 2.05) is 12.1 Å². The monoisotopic (exact) mass is 231 g/mol. The Morgan fingerprint density at radius 2 is 2.35 bits per heavy atom. The molecule has 0 aliphatic heterocycles. The molecule has 2 heterocycles. The lowest BCUT2D eigenvalue weighted by Crippen LogP contribution is -2.17. The summed E-state index contributed by atoms with van der Waals surface area (Å²) < 4.78 is 5.27. The number of aryl methyl sites for hydroxylation is 2. The van der Waals surface area contributed by atoms with Gasteiger partial charge in [-0.3, -0.25) is 4.79 Å². The second-order valence-electron chi connectivity index (χ2n) is 3.65. The summed E-state index contributed by atoms with van der Waals surface area (Å²) in [5, 5.41) is 3.84. The normalized spacial score (nSPS) is 10.9. The van der Waals surface area contributed by atoms with E-state index in [0.29, 0.717) is 17.1 Å². The highest BCUT2D eigenvalue weighted by molar-refractivity contribution is 5.95. The van der Waals surface area contributed by atoms with Crippen LogP contribution >= 0.6 is 0 Å². The lowest BCUT2D eigenvalue weighted by Gasteiger charge is -1.96. The molecule has 88 valence electrons. The molecule has 0 fully saturated rings. The zero-order chi connectivity index (χ0) is 12.3. The van der Waals surface area contributed by atoms with Crippen molar-refractivity contribution in [3.05, 3.63) is 47.2 Å². The first-order chi connectivity index (χ1) is 8.16. The van der Waals surface area contributed by atoms with Gasteiger partial charge in [-0.05, 0) is 32.0 Å². The van der Waals surface area contributed by atoms with Gasteiger partial charge >= 0.3 is 0 Å². The number of rotatable bonds is 3. The highest BCUT2D eigenvalue weighted by Gasteiger charge is 2.12. The van der Waals surface area contributed by atoms with Gasteiger partial charge in [0, 0.05) is 6.20 Å². The number of hydrogen-bond donors (Lipinski definition) is 2. The number of carbonyl (C=O) groups excluding carboxylic acids is 1. The third-order valence-corrected chi connectivity index (χ3v) is 2.28. The van der Waals surface area contributed by atoms with Crippen LogP contribution in [0.25, 0.3) is 0 Å². The molecule has 5 heteroatoms. The van der Waals surface area contributed by atoms with Gasteiger partial charge < -0.3 is 9.40 Å². The van der Waals surface area contributed by atoms with Crippen molar-refractivity contribution in [3.8, 4) is 0 Å². The molecule has 0 atom stereocenters. The summed E-state index contributed by atoms with van der Waals surface area (Å²) >= 11 is 0. The molecule has 0 spiro atoms. The highest BCUT2D eigenvalue weighted by Crippen LogP contribution is 2.13. The minimum atomic E-state index is -0.276. The smallest absolute Gasteiger partial charge is 0.274 e. The molecular weight excluding hydrogens is 218 g/mol. The Bertz CT molecular complexity index is 538. The minimum absolute atomic E-state index is 0.276. The number of nitrogens with zero attached hydrogens (tertiary/aromatic N) is 1. The number of aromatic amines is 1. The number of furan rings is 1. The summed E-state index contributed by atoms with van der Waals surface area (Å²) in [6.07, 6.45) is 3.33. The van der Waals surface area contributed by atoms with Crippen LogP contribution in [0.2, 0.25) is 0 Å². The molecule has 0 radical (unpaired) electrons. The maximum Gasteiger partial charge on any atom is 0.274 e. The van der Waals surface area contributed by atoms with Crippen LogP contribution in [0, 0.1) is 13.8 Å². The SMILES string of the molecule is Cc1cc(C(=O)NN=Cc2ccc[nH]2)c(C)o1. The van der Waals surface area contributed by atoms with Gasteiger partial charge in [0.15, 0.2) is 0 Å². The molecule has 2 rings (SSSR count). The summed E-state index contributed by atoms with van der Waals surface area (Å²) in [4.78, 5) is 14.7. The fraction of sp³-hybridized carbons (Fsp3) is 0.167. The number of nitrogens with one attached hydrogen (secondary N) is 2. The molecule has 0 saturated heterocycles. The summed E-state index contributed by atoms with van der Waals surface area (Å²) in [5.41, 5.74) is 3.77. The Labute approximate surface area is 98.5 Å². The van der Waals surface area contributed by atoms with Gasteiger partial charge in [0.2, 0.25) is 0 Å². The van der Waals surface area contributed by atoms with E-state index >= 15 is 0 Å². The predicted octanol–water partition coefficient (Wildman–Crippen LogP) is 1.99. The van der Waals surface area contributed by atoms with E-state index in [2.05, 4.69) is 15.5 Å². The van der Waals surface area contributed by atoms with Gasteiger partial charge in [0.05, 0.1) is 17.5 Å². The second kappa shape index (κ2) is 4.69. The molecule has 0 aromatic carbocycles. The first-order valence-electron chi connectivity index (χ1n) is 5.20. The molecule has 0 unspecified atom stereocenters. The van der Waals surface area contributed by atoms with Crippen molar-refractivity contribution in [1.82, 2.24) is 10.4 Å². The number of aromatic nitrogens is 1. The quantitative estimate of drug-likeness (QED) is 0.626. The zero-order valence-corrected chi connectivity index (χ0v) is 9.65. The van der Waals surface area contributed by atoms with Gasteiger partial charge in [0.25, 0.3) is 5.91 Å². The Morgan fingerprint density at radius 3 is 2.94 bits per heavy atom. The Hall–Kier alpha value is -2.30. The second-order valence-corrected chi connectivity index (χ2v) is 3.65. The molecule has 2 aromatic heterocycles. The molecule has 1 amide bonds. The van der Waals surface area contributed by atoms with Crippen LogP contribution in [0.1, 0.15) is 27.6 Å². The Balaban J connectivity index is 2.00. The highest BCUT2D eigenvalue weighted by atomic mass is 16.3. The van der Waals surface area contributed by atoms with Crippen LogP contribution in [-0.4, -0.2) is 17.1 Å². The molecule has 0 aliphatic rings. The van der Waals surface area contributed by atoms with Crippen molar-refractivity contribution in [3.63, 3.8) is 0 Å². The molecular formula is C12H13N3O2. The largest absolute Gasteiger partial charge is 0.466 e. The van der Waals surface area contributed by atoms with Crippen LogP contribution in [0.5, 0.6) is 0 Å². The number of hydrogen-bond acceptors (Lipinski definition) is 3. The topological polar surface area (TPSA) is 70.4 Å². The number of hydrazone groups is 1. The number of H-pyrrole nitrogens is 1. The average Bonchev–Trinajstić information content (AvgIpc) is 2.88. The van der Waals surface area contributed by atoms with Crippen LogP contribution in [-0.2, 0) is 0 Å². The van der Waals surface area contributed by atoms with Crippen molar-refractivity contribution in [2.75, 3.05) is 0 Å². The van der Waals surface area contributed by atoms with Crippen molar-refractivity contribution < 1.29 is 9.21 Å². The van der Waals surface area contributed by atoms with Crippen LogP contribution in [0.3, 0.4) is 0 Å². The first kappa shape index (κ1) is 11.2. The van der Waals surface area contributed by atoms with E-state index < -0.39 is 0 Å². The number of amides is 1. The molecule has 2 aromatic rings. The molecule has 0 saturated carbocycles. The van der Waals surface area contributed by atoms with Gasteiger partial charge in [-0.1, -0.05) is 0 Å². The van der Waals surface area contributed by atoms with E-state index in [0.717, 1.165) is 5.69 Å². The number of carbonyl (C=O) groups is 1. The van der Waals surface area contributed by atoms with Crippen molar-refractivity contribution in [2.45, 2.75) is 13.8 Å². The summed E-state index contributed by atoms with van der Waals surface area (Å²) in [5.74, 6) is 1.03. The van der Waals surface area contributed by atoms with Gasteiger partial charge in [-0.2, -0.15) is 5.10 Å². The lowest BCUT2D eigenvalue weighted by molar-refractivity contribution is 0.0953. The van der Waals surface area contributed by atoms with Gasteiger partial charge in [0.1, 0.15) is 11.5 Å². The summed E-state index contributed by atoms with van der Waals surface area (Å²) in [6.45, 7) is 3.54. The minimum Gasteiger partial charge on any atom is -0.466 e. The summed E-state index contributed by atoms with van der Waals surface area (Å²) in [7, 11) is 0. The lowest BCUT2D eigenvalue weighted by atomic mass is 10.2. The van der Waals surface area contributed by atoms with Gasteiger partial charge in [-0.25, -0.2) is 5.43 Å². The predicted molar refractivity (Wildman–Crippen MR) is 64.0 cm³/mol. The van der Waals surface area contributed by atoms with E-state index in [-0.39, 0.29) is 5.91 Å². The molecule has 0 aliphatic carbocycles. The van der Waals surface area contributed by atoms with E-state index in [1.165, 1.54) is 0 Å². The summed E-state index contributed by atoms with van der Waals surface area (Å²) in [6, 6.07) is 5.39. The maximum absolute atomic E-state index is 11.7. The maximum atomic E-state index is 11.7. The van der Waals surface area contributed by atoms with Crippen LogP contribution in [0.4, 0.5) is 0 Å². The standard InChI is InChI=1S/C12H13N3O2/c1-8-6-11(9(2)17-8)12(16)15-14-7-10-4-3-5-13-10/h3-7,13H,1-2H3,(H,15,16). The molecule has 5 nitrogen and oxygen atoms in total. The Kier molecular flexibility index (Phi) is 3.09. The molecule has 17 heavy (non-hydrogen) atoms. The zero-order valence-electron chi connectivity index (χ0n) is 9.65. The van der Waals surface area contributed by atoms with Crippen molar-refractivity contribution in [1.29, 1.82) is 0 Å². The van der Waals surface area contributed by atoms with E-state index in [1.54, 1.807) is 32.3 Å². The fourth-order valence-corrected chi connectivity index (χ4v) is 1.50. The van der Waals surface area contributed by atoms with Crippen molar-refractivity contribution in [2.24, 2.45) is 5.10 Å². The van der Waals surface area contributed by atoms with E-state index in [9.17, 15) is 4.79 Å². The third-order valence-electron chi connectivity index (χ3n) is 2.28. The molecule has 2 N–H and O–H groups in total. The van der Waals surface area contributed by atoms with Gasteiger partial charge in [-0.15, -0.1) is 0 Å². The van der Waals surface area contributed by atoms with E-state index in [4.69, 9.17) is 4.42 Å². The molecule has 0 bridgehead atoms. The van der Waals surface area contributed by atoms with Crippen LogP contribution in [0.15, 0.2) is 33.9 Å².